The molecule has 1 aromatic carbocycles. The van der Waals surface area contributed by atoms with Crippen molar-refractivity contribution in [2.24, 2.45) is 5.92 Å². The molecule has 1 saturated carbocycles. The molecule has 2 fully saturated rings. The Morgan fingerprint density at radius 3 is 2.70 bits per heavy atom. The van der Waals surface area contributed by atoms with Crippen LogP contribution in [0.4, 0.5) is 5.69 Å². The molecule has 140 valence electrons. The number of likely N-dealkylation sites (tertiary alicyclic amines) is 1. The van der Waals surface area contributed by atoms with Gasteiger partial charge < -0.3 is 4.90 Å². The van der Waals surface area contributed by atoms with Gasteiger partial charge in [0.25, 0.3) is 11.6 Å². The highest BCUT2D eigenvalue weighted by molar-refractivity contribution is 5.93. The van der Waals surface area contributed by atoms with Gasteiger partial charge in [-0.3, -0.25) is 14.9 Å². The first-order valence-electron chi connectivity index (χ1n) is 9.66. The molecule has 0 spiro atoms. The van der Waals surface area contributed by atoms with Gasteiger partial charge in [-0.1, -0.05) is 31.0 Å². The molecule has 1 aliphatic heterocycles. The standard InChI is InChI=1S/C21H23N3O3/c25-21(23-13-5-8-15-6-1-2-12-20(15)23)19-11-4-10-18(22-19)16-7-3-9-17(14-16)24(26)27/h3-4,7,9-11,14-15,20H,1-2,5-6,8,12-13H2. The number of fused-ring (bicyclic) bond motifs is 1. The van der Waals surface area contributed by atoms with Gasteiger partial charge in [-0.25, -0.2) is 4.98 Å². The number of nitro groups is 1. The van der Waals surface area contributed by atoms with Crippen molar-refractivity contribution in [3.05, 3.63) is 58.3 Å². The summed E-state index contributed by atoms with van der Waals surface area (Å²) in [7, 11) is 0. The van der Waals surface area contributed by atoms with Crippen LogP contribution in [-0.2, 0) is 0 Å². The quantitative estimate of drug-likeness (QED) is 0.595. The summed E-state index contributed by atoms with van der Waals surface area (Å²) in [6.07, 6.45) is 7.03. The monoisotopic (exact) mass is 365 g/mol. The average molecular weight is 365 g/mol. The van der Waals surface area contributed by atoms with Crippen LogP contribution in [0.1, 0.15) is 49.0 Å². The largest absolute Gasteiger partial charge is 0.334 e. The van der Waals surface area contributed by atoms with E-state index in [2.05, 4.69) is 4.98 Å². The minimum atomic E-state index is -0.421. The number of rotatable bonds is 3. The summed E-state index contributed by atoms with van der Waals surface area (Å²) in [5, 5.41) is 11.0. The van der Waals surface area contributed by atoms with E-state index < -0.39 is 4.92 Å². The number of hydrogen-bond acceptors (Lipinski definition) is 4. The number of aromatic nitrogens is 1. The maximum absolute atomic E-state index is 13.2. The van der Waals surface area contributed by atoms with Crippen molar-refractivity contribution in [2.45, 2.75) is 44.6 Å². The van der Waals surface area contributed by atoms with Gasteiger partial charge in [0.05, 0.1) is 10.6 Å². The summed E-state index contributed by atoms with van der Waals surface area (Å²) in [5.41, 5.74) is 1.67. The number of pyridine rings is 1. The summed E-state index contributed by atoms with van der Waals surface area (Å²) in [5.74, 6) is 0.607. The molecule has 0 radical (unpaired) electrons. The van der Waals surface area contributed by atoms with E-state index in [0.717, 1.165) is 19.4 Å². The molecular weight excluding hydrogens is 342 g/mol. The maximum atomic E-state index is 13.2. The first-order valence-corrected chi connectivity index (χ1v) is 9.66. The molecule has 1 aliphatic carbocycles. The Bertz CT molecular complexity index is 865. The van der Waals surface area contributed by atoms with E-state index >= 15 is 0 Å². The fourth-order valence-electron chi connectivity index (χ4n) is 4.52. The van der Waals surface area contributed by atoms with Crippen LogP contribution in [0.15, 0.2) is 42.5 Å². The Labute approximate surface area is 158 Å². The first-order chi connectivity index (χ1) is 13.1. The molecule has 4 rings (SSSR count). The van der Waals surface area contributed by atoms with Crippen molar-refractivity contribution in [3.8, 4) is 11.3 Å². The molecule has 2 aromatic rings. The normalized spacial score (nSPS) is 22.1. The molecule has 1 aromatic heterocycles. The lowest BCUT2D eigenvalue weighted by molar-refractivity contribution is -0.384. The summed E-state index contributed by atoms with van der Waals surface area (Å²) >= 11 is 0. The second kappa shape index (κ2) is 7.47. The van der Waals surface area contributed by atoms with Gasteiger partial charge in [-0.05, 0) is 43.7 Å². The number of hydrogen-bond donors (Lipinski definition) is 0. The Kier molecular flexibility index (Phi) is 4.88. The SMILES string of the molecule is O=C(c1cccc(-c2cccc([N+](=O)[O-])c2)n1)N1CCCC2CCCCC21. The van der Waals surface area contributed by atoms with E-state index in [1.165, 1.54) is 37.8 Å². The van der Waals surface area contributed by atoms with E-state index in [-0.39, 0.29) is 11.6 Å². The van der Waals surface area contributed by atoms with Crippen LogP contribution in [0, 0.1) is 16.0 Å². The minimum absolute atomic E-state index is 0.0149. The molecule has 2 atom stereocenters. The van der Waals surface area contributed by atoms with Crippen LogP contribution in [-0.4, -0.2) is 33.3 Å². The third kappa shape index (κ3) is 3.56. The average Bonchev–Trinajstić information content (AvgIpc) is 2.73. The molecule has 27 heavy (non-hydrogen) atoms. The number of piperidine rings is 1. The molecule has 1 saturated heterocycles. The van der Waals surface area contributed by atoms with Crippen molar-refractivity contribution in [3.63, 3.8) is 0 Å². The number of non-ortho nitro benzene ring substituents is 1. The minimum Gasteiger partial charge on any atom is -0.334 e. The smallest absolute Gasteiger partial charge is 0.272 e. The summed E-state index contributed by atoms with van der Waals surface area (Å²) < 4.78 is 0. The van der Waals surface area contributed by atoms with E-state index in [9.17, 15) is 14.9 Å². The Morgan fingerprint density at radius 2 is 1.85 bits per heavy atom. The van der Waals surface area contributed by atoms with Crippen LogP contribution >= 0.6 is 0 Å². The molecule has 2 heterocycles. The van der Waals surface area contributed by atoms with Crippen molar-refractivity contribution in [2.75, 3.05) is 6.54 Å². The van der Waals surface area contributed by atoms with Crippen molar-refractivity contribution in [1.82, 2.24) is 9.88 Å². The molecule has 2 aliphatic rings. The highest BCUT2D eigenvalue weighted by atomic mass is 16.6. The lowest BCUT2D eigenvalue weighted by atomic mass is 9.78. The highest BCUT2D eigenvalue weighted by Gasteiger charge is 2.36. The van der Waals surface area contributed by atoms with Crippen LogP contribution in [0.25, 0.3) is 11.3 Å². The number of amides is 1. The fraction of sp³-hybridized carbons (Fsp3) is 0.429. The second-order valence-corrected chi connectivity index (χ2v) is 7.47. The third-order valence-corrected chi connectivity index (χ3v) is 5.83. The molecule has 2 unspecified atom stereocenters. The predicted octanol–water partition coefficient (Wildman–Crippen LogP) is 4.45. The Balaban J connectivity index is 1.61. The predicted molar refractivity (Wildman–Crippen MR) is 102 cm³/mol. The topological polar surface area (TPSA) is 76.3 Å². The van der Waals surface area contributed by atoms with Crippen LogP contribution in [0.3, 0.4) is 0 Å². The van der Waals surface area contributed by atoms with Gasteiger partial charge in [0.15, 0.2) is 0 Å². The van der Waals surface area contributed by atoms with Crippen LogP contribution in [0.5, 0.6) is 0 Å². The number of benzene rings is 1. The zero-order chi connectivity index (χ0) is 18.8. The van der Waals surface area contributed by atoms with E-state index in [1.54, 1.807) is 30.3 Å². The lowest BCUT2D eigenvalue weighted by Gasteiger charge is -2.44. The van der Waals surface area contributed by atoms with Crippen LogP contribution < -0.4 is 0 Å². The van der Waals surface area contributed by atoms with Crippen molar-refractivity contribution < 1.29 is 9.72 Å². The van der Waals surface area contributed by atoms with Gasteiger partial charge in [0.1, 0.15) is 5.69 Å². The van der Waals surface area contributed by atoms with Crippen molar-refractivity contribution >= 4 is 11.6 Å². The summed E-state index contributed by atoms with van der Waals surface area (Å²) in [6, 6.07) is 12.0. The number of carbonyl (C=O) groups excluding carboxylic acids is 1. The van der Waals surface area contributed by atoms with Gasteiger partial charge >= 0.3 is 0 Å². The highest BCUT2D eigenvalue weighted by Crippen LogP contribution is 2.36. The second-order valence-electron chi connectivity index (χ2n) is 7.47. The molecule has 0 N–H and O–H groups in total. The molecule has 0 bridgehead atoms. The lowest BCUT2D eigenvalue weighted by Crippen LogP contribution is -2.49. The fourth-order valence-corrected chi connectivity index (χ4v) is 4.52. The van der Waals surface area contributed by atoms with Gasteiger partial charge in [-0.2, -0.15) is 0 Å². The molecule has 6 nitrogen and oxygen atoms in total. The molecule has 1 amide bonds. The number of carbonyl (C=O) groups is 1. The third-order valence-electron chi connectivity index (χ3n) is 5.83. The van der Waals surface area contributed by atoms with E-state index in [4.69, 9.17) is 0 Å². The maximum Gasteiger partial charge on any atom is 0.272 e. The zero-order valence-electron chi connectivity index (χ0n) is 15.2. The summed E-state index contributed by atoms with van der Waals surface area (Å²) in [4.78, 5) is 30.3. The molecular formula is C21H23N3O3. The number of nitrogens with zero attached hydrogens (tertiary/aromatic N) is 3. The van der Waals surface area contributed by atoms with Gasteiger partial charge in [-0.15, -0.1) is 0 Å². The van der Waals surface area contributed by atoms with Crippen LogP contribution in [0.2, 0.25) is 0 Å². The Morgan fingerprint density at radius 1 is 1.07 bits per heavy atom. The summed E-state index contributed by atoms with van der Waals surface area (Å²) in [6.45, 7) is 0.794. The van der Waals surface area contributed by atoms with Gasteiger partial charge in [0, 0.05) is 30.3 Å². The first kappa shape index (κ1) is 17.6. The molecule has 6 heteroatoms. The Hall–Kier alpha value is -2.76. The number of nitro benzene ring substituents is 1. The van der Waals surface area contributed by atoms with E-state index in [0.29, 0.717) is 28.9 Å². The zero-order valence-corrected chi connectivity index (χ0v) is 15.2. The van der Waals surface area contributed by atoms with E-state index in [1.807, 2.05) is 4.90 Å². The van der Waals surface area contributed by atoms with Gasteiger partial charge in [0.2, 0.25) is 0 Å². The van der Waals surface area contributed by atoms with Crippen molar-refractivity contribution in [1.29, 1.82) is 0 Å².